The molecule has 0 bridgehead atoms. The Hall–Kier alpha value is -2.49. The first-order valence-electron chi connectivity index (χ1n) is 10.5. The number of amides is 1. The first-order chi connectivity index (χ1) is 16.0. The Morgan fingerprint density at radius 3 is 2.76 bits per heavy atom. The third-order valence-corrected chi connectivity index (χ3v) is 8.14. The number of benzene rings is 2. The summed E-state index contributed by atoms with van der Waals surface area (Å²) < 4.78 is 15.9. The number of anilines is 1. The van der Waals surface area contributed by atoms with Gasteiger partial charge in [0, 0.05) is 15.0 Å². The second-order valence-electron chi connectivity index (χ2n) is 7.75. The number of carbonyl (C=O) groups is 1. The summed E-state index contributed by atoms with van der Waals surface area (Å²) in [6.07, 6.45) is 4.08. The number of fused-ring (bicyclic) bond motifs is 3. The topological polar surface area (TPSA) is 64.0 Å². The van der Waals surface area contributed by atoms with Crippen LogP contribution in [-0.2, 0) is 17.6 Å². The summed E-state index contributed by atoms with van der Waals surface area (Å²) in [7, 11) is 0. The maximum atomic E-state index is 13.7. The monoisotopic (exact) mass is 543 g/mol. The van der Waals surface area contributed by atoms with Gasteiger partial charge in [0.2, 0.25) is 5.91 Å². The molecule has 9 heteroatoms. The predicted molar refractivity (Wildman–Crippen MR) is 135 cm³/mol. The number of aromatic nitrogens is 2. The van der Waals surface area contributed by atoms with Gasteiger partial charge in [-0.15, -0.1) is 11.3 Å². The van der Waals surface area contributed by atoms with Crippen LogP contribution >= 0.6 is 39.0 Å². The predicted octanol–water partition coefficient (Wildman–Crippen LogP) is 5.96. The Morgan fingerprint density at radius 1 is 1.18 bits per heavy atom. The number of hydrogen-bond donors (Lipinski definition) is 1. The van der Waals surface area contributed by atoms with Crippen molar-refractivity contribution in [1.29, 1.82) is 0 Å². The first-order valence-corrected chi connectivity index (χ1v) is 13.1. The molecule has 0 fully saturated rings. The van der Waals surface area contributed by atoms with Crippen LogP contribution in [0.4, 0.5) is 10.1 Å². The second kappa shape index (κ2) is 9.40. The fraction of sp³-hybridized carbons (Fsp3) is 0.208. The number of aryl methyl sites for hydroxylation is 2. The van der Waals surface area contributed by atoms with Crippen LogP contribution in [0.3, 0.4) is 0 Å². The normalized spacial score (nSPS) is 13.2. The van der Waals surface area contributed by atoms with Crippen molar-refractivity contribution in [3.8, 4) is 5.69 Å². The molecule has 0 unspecified atom stereocenters. The zero-order chi connectivity index (χ0) is 22.9. The highest BCUT2D eigenvalue weighted by Gasteiger charge is 2.23. The summed E-state index contributed by atoms with van der Waals surface area (Å²) in [4.78, 5) is 33.0. The van der Waals surface area contributed by atoms with Crippen LogP contribution < -0.4 is 10.9 Å². The Bertz CT molecular complexity index is 1420. The third kappa shape index (κ3) is 4.62. The molecule has 4 aromatic rings. The summed E-state index contributed by atoms with van der Waals surface area (Å²) >= 11 is 6.22. The van der Waals surface area contributed by atoms with Gasteiger partial charge < -0.3 is 5.32 Å². The molecule has 33 heavy (non-hydrogen) atoms. The van der Waals surface area contributed by atoms with Gasteiger partial charge in [-0.05, 0) is 73.7 Å². The molecule has 1 aliphatic carbocycles. The summed E-state index contributed by atoms with van der Waals surface area (Å²) in [6.45, 7) is 0. The van der Waals surface area contributed by atoms with E-state index in [1.54, 1.807) is 22.0 Å². The van der Waals surface area contributed by atoms with Crippen molar-refractivity contribution in [2.24, 2.45) is 0 Å². The minimum Gasteiger partial charge on any atom is -0.325 e. The van der Waals surface area contributed by atoms with Crippen LogP contribution in [0.15, 0.2) is 63.0 Å². The molecule has 2 heterocycles. The molecular weight excluding hydrogens is 525 g/mol. The maximum Gasteiger partial charge on any atom is 0.267 e. The van der Waals surface area contributed by atoms with Gasteiger partial charge >= 0.3 is 0 Å². The average Bonchev–Trinajstić information content (AvgIpc) is 3.17. The summed E-state index contributed by atoms with van der Waals surface area (Å²) in [5, 5.41) is 3.85. The van der Waals surface area contributed by atoms with Gasteiger partial charge in [0.25, 0.3) is 5.56 Å². The van der Waals surface area contributed by atoms with Crippen molar-refractivity contribution >= 4 is 60.8 Å². The van der Waals surface area contributed by atoms with Gasteiger partial charge in [-0.2, -0.15) is 0 Å². The molecule has 2 aromatic heterocycles. The number of thiophene rings is 1. The number of halogens is 2. The quantitative estimate of drug-likeness (QED) is 0.249. The summed E-state index contributed by atoms with van der Waals surface area (Å²) in [5.41, 5.74) is 2.11. The number of nitrogens with zero attached hydrogens (tertiary/aromatic N) is 2. The van der Waals surface area contributed by atoms with E-state index >= 15 is 0 Å². The molecule has 1 aliphatic rings. The lowest BCUT2D eigenvalue weighted by atomic mass is 9.97. The molecule has 2 aromatic carbocycles. The summed E-state index contributed by atoms with van der Waals surface area (Å²) in [5.74, 6) is -0.679. The average molecular weight is 544 g/mol. The molecule has 5 rings (SSSR count). The molecular formula is C24H19BrFN3O2S2. The number of carbonyl (C=O) groups excluding carboxylic acids is 1. The van der Waals surface area contributed by atoms with Gasteiger partial charge in [-0.3, -0.25) is 14.2 Å². The molecule has 168 valence electrons. The molecule has 0 atom stereocenters. The largest absolute Gasteiger partial charge is 0.325 e. The number of thioether (sulfide) groups is 1. The number of nitrogens with one attached hydrogen (secondary N) is 1. The molecule has 5 nitrogen and oxygen atoms in total. The van der Waals surface area contributed by atoms with Gasteiger partial charge in [0.1, 0.15) is 10.6 Å². The van der Waals surface area contributed by atoms with Crippen molar-refractivity contribution in [3.63, 3.8) is 0 Å². The first kappa shape index (κ1) is 22.3. The molecule has 0 spiro atoms. The molecule has 0 saturated heterocycles. The van der Waals surface area contributed by atoms with Crippen LogP contribution in [0.1, 0.15) is 23.3 Å². The van der Waals surface area contributed by atoms with Crippen LogP contribution in [0.5, 0.6) is 0 Å². The lowest BCUT2D eigenvalue weighted by Gasteiger charge is -2.14. The van der Waals surface area contributed by atoms with Crippen molar-refractivity contribution < 1.29 is 9.18 Å². The number of rotatable bonds is 5. The highest BCUT2D eigenvalue weighted by Crippen LogP contribution is 2.35. The van der Waals surface area contributed by atoms with Gasteiger partial charge in [0.05, 0.1) is 16.8 Å². The molecule has 1 N–H and O–H groups in total. The van der Waals surface area contributed by atoms with Gasteiger partial charge in [-0.25, -0.2) is 9.37 Å². The maximum absolute atomic E-state index is 13.7. The van der Waals surface area contributed by atoms with Crippen molar-refractivity contribution in [2.75, 3.05) is 11.1 Å². The molecule has 0 saturated carbocycles. The lowest BCUT2D eigenvalue weighted by molar-refractivity contribution is -0.113. The van der Waals surface area contributed by atoms with E-state index in [1.165, 1.54) is 34.8 Å². The Morgan fingerprint density at radius 2 is 1.97 bits per heavy atom. The van der Waals surface area contributed by atoms with Crippen LogP contribution in [0.2, 0.25) is 0 Å². The van der Waals surface area contributed by atoms with Crippen molar-refractivity contribution in [1.82, 2.24) is 9.55 Å². The van der Waals surface area contributed by atoms with Crippen LogP contribution in [0, 0.1) is 5.82 Å². The lowest BCUT2D eigenvalue weighted by Crippen LogP contribution is -2.23. The Balaban J connectivity index is 1.52. The molecule has 0 aliphatic heterocycles. The third-order valence-electron chi connectivity index (χ3n) is 5.48. The Kier molecular flexibility index (Phi) is 6.36. The Labute approximate surface area is 206 Å². The van der Waals surface area contributed by atoms with Crippen LogP contribution in [0.25, 0.3) is 15.9 Å². The zero-order valence-corrected chi connectivity index (χ0v) is 20.7. The van der Waals surface area contributed by atoms with Crippen molar-refractivity contribution in [3.05, 3.63) is 79.6 Å². The van der Waals surface area contributed by atoms with E-state index in [-0.39, 0.29) is 17.2 Å². The van der Waals surface area contributed by atoms with E-state index in [0.29, 0.717) is 21.9 Å². The van der Waals surface area contributed by atoms with Crippen molar-refractivity contribution in [2.45, 2.75) is 30.8 Å². The fourth-order valence-electron chi connectivity index (χ4n) is 3.99. The van der Waals surface area contributed by atoms with Gasteiger partial charge in [0.15, 0.2) is 5.16 Å². The molecule has 1 amide bonds. The van der Waals surface area contributed by atoms with Crippen LogP contribution in [-0.4, -0.2) is 21.2 Å². The van der Waals surface area contributed by atoms with E-state index in [4.69, 9.17) is 4.98 Å². The zero-order valence-electron chi connectivity index (χ0n) is 17.4. The van der Waals surface area contributed by atoms with E-state index < -0.39 is 5.82 Å². The van der Waals surface area contributed by atoms with Gasteiger partial charge in [-0.1, -0.05) is 33.8 Å². The van der Waals surface area contributed by atoms with E-state index in [1.807, 2.05) is 24.3 Å². The SMILES string of the molecule is O=C(CSc1nc2sc3c(c2c(=O)n1-c1ccc(Br)cc1)CCCC3)Nc1cccc(F)c1. The number of hydrogen-bond acceptors (Lipinski definition) is 5. The smallest absolute Gasteiger partial charge is 0.267 e. The highest BCUT2D eigenvalue weighted by atomic mass is 79.9. The van der Waals surface area contributed by atoms with E-state index in [0.717, 1.165) is 40.5 Å². The minimum absolute atomic E-state index is 0.0378. The fourth-order valence-corrected chi connectivity index (χ4v) is 6.37. The molecule has 0 radical (unpaired) electrons. The van der Waals surface area contributed by atoms with E-state index in [2.05, 4.69) is 21.2 Å². The summed E-state index contributed by atoms with van der Waals surface area (Å²) in [6, 6.07) is 13.2. The minimum atomic E-state index is -0.418. The second-order valence-corrected chi connectivity index (χ2v) is 10.7. The van der Waals surface area contributed by atoms with E-state index in [9.17, 15) is 14.0 Å². The highest BCUT2D eigenvalue weighted by molar-refractivity contribution is 9.10. The standard InChI is InChI=1S/C24H19BrFN3O2S2/c25-14-8-10-17(11-9-14)29-23(31)21-18-6-1-2-7-19(18)33-22(21)28-24(29)32-13-20(30)27-16-5-3-4-15(26)12-16/h3-5,8-12H,1-2,6-7,13H2,(H,27,30).